The second-order valence-corrected chi connectivity index (χ2v) is 11.8. The van der Waals surface area contributed by atoms with E-state index in [0.29, 0.717) is 48.9 Å². The van der Waals surface area contributed by atoms with Gasteiger partial charge in [-0.2, -0.15) is 0 Å². The highest BCUT2D eigenvalue weighted by Gasteiger charge is 2.35. The minimum atomic E-state index is -0.711. The van der Waals surface area contributed by atoms with Crippen LogP contribution in [0.2, 0.25) is 0 Å². The molecule has 2 saturated carbocycles. The molecule has 3 fully saturated rings. The normalized spacial score (nSPS) is 40.4. The lowest BCUT2D eigenvalue weighted by Gasteiger charge is -2.40. The fourth-order valence-electron chi connectivity index (χ4n) is 6.19. The van der Waals surface area contributed by atoms with Crippen LogP contribution >= 0.6 is 11.8 Å². The average molecular weight is 493 g/mol. The van der Waals surface area contributed by atoms with E-state index in [1.54, 1.807) is 0 Å². The molecule has 9 heteroatoms. The molecule has 0 radical (unpaired) electrons. The zero-order valence-electron chi connectivity index (χ0n) is 20.1. The fraction of sp³-hybridized carbons (Fsp3) is 0.840. The smallest absolute Gasteiger partial charge is 0.223 e. The zero-order chi connectivity index (χ0) is 23.3. The number of rotatable bonds is 7. The molecule has 7 nitrogen and oxygen atoms in total. The molecular weight excluding hydrogens is 451 g/mol. The predicted molar refractivity (Wildman–Crippen MR) is 136 cm³/mol. The molecule has 8 atom stereocenters. The summed E-state index contributed by atoms with van der Waals surface area (Å²) < 4.78 is 13.3. The highest BCUT2D eigenvalue weighted by atomic mass is 32.2. The maximum Gasteiger partial charge on any atom is 0.223 e. The molecule has 0 aromatic rings. The third-order valence-electron chi connectivity index (χ3n) is 8.21. The monoisotopic (exact) mass is 492 g/mol. The van der Waals surface area contributed by atoms with Crippen LogP contribution in [0.25, 0.3) is 0 Å². The summed E-state index contributed by atoms with van der Waals surface area (Å²) in [7, 11) is 0. The molecule has 5 rings (SSSR count). The second kappa shape index (κ2) is 11.8. The summed E-state index contributed by atoms with van der Waals surface area (Å²) in [5, 5.41) is 18.7. The first kappa shape index (κ1) is 24.7. The standard InChI is InChI=1S/C25H41FN6OS/c26-18-6-4-16(5-7-18)14-28-24(33)17-2-1-3-19(12-17)31-25-27-11-10-23(32-25)30-20-8-9-21-22(13-20)34-15-29-21/h4,15,17-23,25,27,30-32H,1-3,5-14H2,(H,28,33). The minimum absolute atomic E-state index is 0.0585. The van der Waals surface area contributed by atoms with Gasteiger partial charge in [0.25, 0.3) is 0 Å². The summed E-state index contributed by atoms with van der Waals surface area (Å²) in [5.41, 5.74) is 3.22. The molecule has 1 saturated heterocycles. The van der Waals surface area contributed by atoms with E-state index in [0.717, 1.165) is 45.1 Å². The topological polar surface area (TPSA) is 89.6 Å². The molecular formula is C25H41FN6OS. The van der Waals surface area contributed by atoms with Gasteiger partial charge in [-0.3, -0.25) is 31.1 Å². The van der Waals surface area contributed by atoms with E-state index in [1.165, 1.54) is 24.8 Å². The number of carbonyl (C=O) groups excluding carboxylic acids is 1. The number of amides is 1. The summed E-state index contributed by atoms with van der Waals surface area (Å²) in [6.07, 6.45) is 12.1. The van der Waals surface area contributed by atoms with Crippen LogP contribution in [-0.2, 0) is 4.79 Å². The van der Waals surface area contributed by atoms with Crippen LogP contribution in [0.3, 0.4) is 0 Å². The molecule has 1 amide bonds. The van der Waals surface area contributed by atoms with Crippen molar-refractivity contribution in [2.24, 2.45) is 10.9 Å². The predicted octanol–water partition coefficient (Wildman–Crippen LogP) is 2.55. The summed E-state index contributed by atoms with van der Waals surface area (Å²) in [6.45, 7) is 1.55. The highest BCUT2D eigenvalue weighted by molar-refractivity contribution is 8.12. The summed E-state index contributed by atoms with van der Waals surface area (Å²) in [4.78, 5) is 17.4. The summed E-state index contributed by atoms with van der Waals surface area (Å²) >= 11 is 1.90. The Morgan fingerprint density at radius 1 is 1.12 bits per heavy atom. The molecule has 0 aromatic carbocycles. The number of allylic oxidation sites excluding steroid dienone is 1. The van der Waals surface area contributed by atoms with Crippen molar-refractivity contribution in [3.05, 3.63) is 11.6 Å². The molecule has 5 aliphatic rings. The SMILES string of the molecule is O=C(NCC1=CCC(F)CC1)C1CCCC(NC2NCCC(NC3CCC4N=CSC4C3)N2)C1. The number of nitrogens with zero attached hydrogens (tertiary/aromatic N) is 1. The van der Waals surface area contributed by atoms with E-state index in [4.69, 9.17) is 0 Å². The molecule has 0 spiro atoms. The quantitative estimate of drug-likeness (QED) is 0.351. The van der Waals surface area contributed by atoms with Gasteiger partial charge in [0.05, 0.1) is 17.8 Å². The maximum absolute atomic E-state index is 13.3. The molecule has 5 N–H and O–H groups in total. The Kier molecular flexibility index (Phi) is 8.58. The van der Waals surface area contributed by atoms with Crippen LogP contribution < -0.4 is 26.6 Å². The molecule has 3 aliphatic carbocycles. The van der Waals surface area contributed by atoms with Crippen LogP contribution in [-0.4, -0.2) is 66.5 Å². The van der Waals surface area contributed by atoms with Gasteiger partial charge >= 0.3 is 0 Å². The Morgan fingerprint density at radius 2 is 2.03 bits per heavy atom. The number of aliphatic imine (C=N–C) groups is 1. The van der Waals surface area contributed by atoms with Crippen LogP contribution in [0.5, 0.6) is 0 Å². The van der Waals surface area contributed by atoms with Crippen molar-refractivity contribution >= 4 is 23.2 Å². The molecule has 8 unspecified atom stereocenters. The van der Waals surface area contributed by atoms with Gasteiger partial charge in [-0.15, -0.1) is 11.8 Å². The molecule has 2 aliphatic heterocycles. The highest BCUT2D eigenvalue weighted by Crippen LogP contribution is 2.34. The van der Waals surface area contributed by atoms with Crippen molar-refractivity contribution in [2.45, 2.75) is 113 Å². The number of alkyl halides is 1. The maximum atomic E-state index is 13.3. The van der Waals surface area contributed by atoms with Crippen molar-refractivity contribution in [2.75, 3.05) is 13.1 Å². The number of hydrogen-bond acceptors (Lipinski definition) is 7. The van der Waals surface area contributed by atoms with Crippen LogP contribution in [0, 0.1) is 5.92 Å². The Morgan fingerprint density at radius 3 is 2.91 bits per heavy atom. The van der Waals surface area contributed by atoms with Crippen LogP contribution in [0.1, 0.15) is 70.6 Å². The third-order valence-corrected chi connectivity index (χ3v) is 9.31. The molecule has 2 heterocycles. The lowest BCUT2D eigenvalue weighted by atomic mass is 9.85. The van der Waals surface area contributed by atoms with Crippen molar-refractivity contribution < 1.29 is 9.18 Å². The van der Waals surface area contributed by atoms with E-state index in [9.17, 15) is 9.18 Å². The third kappa shape index (κ3) is 6.60. The van der Waals surface area contributed by atoms with Crippen LogP contribution in [0.4, 0.5) is 4.39 Å². The zero-order valence-corrected chi connectivity index (χ0v) is 20.9. The number of halogens is 1. The van der Waals surface area contributed by atoms with Gasteiger partial charge in [0, 0.05) is 36.3 Å². The molecule has 0 aromatic heterocycles. The largest absolute Gasteiger partial charge is 0.352 e. The fourth-order valence-corrected chi connectivity index (χ4v) is 7.30. The number of nitrogens with one attached hydrogen (secondary N) is 5. The van der Waals surface area contributed by atoms with Crippen molar-refractivity contribution in [1.82, 2.24) is 26.6 Å². The van der Waals surface area contributed by atoms with E-state index >= 15 is 0 Å². The first-order chi connectivity index (χ1) is 16.6. The second-order valence-electron chi connectivity index (χ2n) is 10.7. The van der Waals surface area contributed by atoms with E-state index in [-0.39, 0.29) is 18.1 Å². The molecule has 190 valence electrons. The first-order valence-corrected chi connectivity index (χ1v) is 14.3. The van der Waals surface area contributed by atoms with Gasteiger partial charge in [0.1, 0.15) is 12.5 Å². The van der Waals surface area contributed by atoms with Gasteiger partial charge in [-0.05, 0) is 64.2 Å². The summed E-state index contributed by atoms with van der Waals surface area (Å²) in [6, 6.07) is 1.43. The number of fused-ring (bicyclic) bond motifs is 1. The molecule has 0 bridgehead atoms. The van der Waals surface area contributed by atoms with E-state index in [2.05, 4.69) is 31.6 Å². The lowest BCUT2D eigenvalue weighted by Crippen LogP contribution is -2.67. The Hall–Kier alpha value is -1.00. The number of hydrogen-bond donors (Lipinski definition) is 5. The van der Waals surface area contributed by atoms with Gasteiger partial charge in [0.15, 0.2) is 0 Å². The van der Waals surface area contributed by atoms with Crippen molar-refractivity contribution in [3.8, 4) is 0 Å². The lowest BCUT2D eigenvalue weighted by molar-refractivity contribution is -0.126. The van der Waals surface area contributed by atoms with Gasteiger partial charge in [0.2, 0.25) is 5.91 Å². The van der Waals surface area contributed by atoms with Crippen molar-refractivity contribution in [1.29, 1.82) is 0 Å². The van der Waals surface area contributed by atoms with E-state index in [1.807, 2.05) is 23.4 Å². The van der Waals surface area contributed by atoms with Crippen molar-refractivity contribution in [3.63, 3.8) is 0 Å². The van der Waals surface area contributed by atoms with Gasteiger partial charge < -0.3 is 5.32 Å². The van der Waals surface area contributed by atoms with Gasteiger partial charge in [-0.25, -0.2) is 4.39 Å². The summed E-state index contributed by atoms with van der Waals surface area (Å²) in [5.74, 6) is 0.214. The molecule has 34 heavy (non-hydrogen) atoms. The Bertz CT molecular complexity index is 766. The van der Waals surface area contributed by atoms with Crippen LogP contribution in [0.15, 0.2) is 16.6 Å². The van der Waals surface area contributed by atoms with Gasteiger partial charge in [-0.1, -0.05) is 18.1 Å². The van der Waals surface area contributed by atoms with E-state index < -0.39 is 6.17 Å². The Balaban J connectivity index is 1.04. The number of thioether (sulfide) groups is 1. The number of carbonyl (C=O) groups is 1. The first-order valence-electron chi connectivity index (χ1n) is 13.4. The Labute approximate surface area is 207 Å². The minimum Gasteiger partial charge on any atom is -0.352 e. The average Bonchev–Trinajstić information content (AvgIpc) is 3.32.